The van der Waals surface area contributed by atoms with E-state index in [0.717, 1.165) is 52.6 Å². The highest BCUT2D eigenvalue weighted by Crippen LogP contribution is 2.27. The van der Waals surface area contributed by atoms with Crippen LogP contribution in [0.1, 0.15) is 22.6 Å². The largest absolute Gasteiger partial charge is 0.497 e. The summed E-state index contributed by atoms with van der Waals surface area (Å²) in [6.45, 7) is 6.87. The average molecular weight is 441 g/mol. The number of hydrogen-bond acceptors (Lipinski definition) is 5. The number of aromatic nitrogens is 4. The summed E-state index contributed by atoms with van der Waals surface area (Å²) < 4.78 is 5.40. The van der Waals surface area contributed by atoms with Gasteiger partial charge in [-0.3, -0.25) is 0 Å². The number of H-pyrrole nitrogens is 2. The molecule has 33 heavy (non-hydrogen) atoms. The SMILES string of the molecule is COc1ccc2[nH]c(C)c(CCNc3nc(C)cc(Nc4ccc5[nH]c(C)cc5c4)n3)c2c1. The number of aromatic amines is 2. The minimum absolute atomic E-state index is 0.617. The Bertz CT molecular complexity index is 1450. The van der Waals surface area contributed by atoms with Gasteiger partial charge in [-0.25, -0.2) is 4.98 Å². The highest BCUT2D eigenvalue weighted by Gasteiger charge is 2.10. The number of nitrogens with one attached hydrogen (secondary N) is 4. The molecule has 0 aliphatic heterocycles. The lowest BCUT2D eigenvalue weighted by molar-refractivity contribution is 0.415. The molecule has 0 fully saturated rings. The molecular weight excluding hydrogens is 412 g/mol. The van der Waals surface area contributed by atoms with Crippen molar-refractivity contribution in [3.63, 3.8) is 0 Å². The Morgan fingerprint density at radius 3 is 2.61 bits per heavy atom. The van der Waals surface area contributed by atoms with Crippen LogP contribution in [-0.2, 0) is 6.42 Å². The number of ether oxygens (including phenoxy) is 1. The number of anilines is 3. The normalized spacial score (nSPS) is 11.3. The maximum absolute atomic E-state index is 5.40. The van der Waals surface area contributed by atoms with Crippen LogP contribution in [0.15, 0.2) is 48.5 Å². The molecule has 5 aromatic rings. The van der Waals surface area contributed by atoms with E-state index in [1.54, 1.807) is 7.11 Å². The van der Waals surface area contributed by atoms with Crippen LogP contribution >= 0.6 is 0 Å². The smallest absolute Gasteiger partial charge is 0.224 e. The lowest BCUT2D eigenvalue weighted by atomic mass is 10.1. The van der Waals surface area contributed by atoms with E-state index in [0.29, 0.717) is 5.95 Å². The minimum atomic E-state index is 0.617. The van der Waals surface area contributed by atoms with Crippen LogP contribution in [0.4, 0.5) is 17.5 Å². The number of rotatable bonds is 7. The van der Waals surface area contributed by atoms with E-state index in [-0.39, 0.29) is 0 Å². The fourth-order valence-corrected chi connectivity index (χ4v) is 4.32. The van der Waals surface area contributed by atoms with Crippen molar-refractivity contribution < 1.29 is 4.74 Å². The molecule has 7 nitrogen and oxygen atoms in total. The summed E-state index contributed by atoms with van der Waals surface area (Å²) in [6, 6.07) is 16.5. The molecular formula is C26H28N6O. The zero-order chi connectivity index (χ0) is 22.9. The van der Waals surface area contributed by atoms with Gasteiger partial charge in [0.15, 0.2) is 0 Å². The van der Waals surface area contributed by atoms with Gasteiger partial charge >= 0.3 is 0 Å². The van der Waals surface area contributed by atoms with Crippen LogP contribution in [0.5, 0.6) is 5.75 Å². The zero-order valence-corrected chi connectivity index (χ0v) is 19.3. The highest BCUT2D eigenvalue weighted by molar-refractivity contribution is 5.86. The Morgan fingerprint density at radius 1 is 0.909 bits per heavy atom. The molecule has 0 radical (unpaired) electrons. The van der Waals surface area contributed by atoms with Crippen LogP contribution in [0, 0.1) is 20.8 Å². The maximum atomic E-state index is 5.40. The Kier molecular flexibility index (Phi) is 5.38. The van der Waals surface area contributed by atoms with Gasteiger partial charge in [0.1, 0.15) is 11.6 Å². The number of fused-ring (bicyclic) bond motifs is 2. The van der Waals surface area contributed by atoms with Gasteiger partial charge in [-0.15, -0.1) is 0 Å². The summed E-state index contributed by atoms with van der Waals surface area (Å²) in [4.78, 5) is 16.1. The van der Waals surface area contributed by atoms with Crippen LogP contribution in [0.2, 0.25) is 0 Å². The van der Waals surface area contributed by atoms with Gasteiger partial charge in [-0.1, -0.05) is 0 Å². The van der Waals surface area contributed by atoms with Gasteiger partial charge in [0, 0.05) is 57.2 Å². The van der Waals surface area contributed by atoms with E-state index >= 15 is 0 Å². The van der Waals surface area contributed by atoms with E-state index in [1.807, 2.05) is 19.1 Å². The van der Waals surface area contributed by atoms with Crippen molar-refractivity contribution in [2.24, 2.45) is 0 Å². The van der Waals surface area contributed by atoms with Crippen molar-refractivity contribution in [2.75, 3.05) is 24.3 Å². The number of benzene rings is 2. The Morgan fingerprint density at radius 2 is 1.76 bits per heavy atom. The fraction of sp³-hybridized carbons (Fsp3) is 0.231. The Hall–Kier alpha value is -4.00. The average Bonchev–Trinajstić information content (AvgIpc) is 3.30. The lowest BCUT2D eigenvalue weighted by Gasteiger charge is -2.10. The van der Waals surface area contributed by atoms with Crippen molar-refractivity contribution >= 4 is 39.3 Å². The van der Waals surface area contributed by atoms with Gasteiger partial charge < -0.3 is 25.3 Å². The van der Waals surface area contributed by atoms with E-state index < -0.39 is 0 Å². The molecule has 0 atom stereocenters. The van der Waals surface area contributed by atoms with Gasteiger partial charge in [0.2, 0.25) is 5.95 Å². The van der Waals surface area contributed by atoms with Gasteiger partial charge in [0.25, 0.3) is 0 Å². The molecule has 0 amide bonds. The summed E-state index contributed by atoms with van der Waals surface area (Å²) in [5, 5.41) is 9.17. The van der Waals surface area contributed by atoms with Crippen molar-refractivity contribution in [2.45, 2.75) is 27.2 Å². The van der Waals surface area contributed by atoms with Gasteiger partial charge in [-0.2, -0.15) is 4.98 Å². The monoisotopic (exact) mass is 440 g/mol. The third kappa shape index (κ3) is 4.35. The molecule has 3 aromatic heterocycles. The van der Waals surface area contributed by atoms with Gasteiger partial charge in [-0.05, 0) is 75.2 Å². The summed E-state index contributed by atoms with van der Waals surface area (Å²) in [6.07, 6.45) is 0.850. The van der Waals surface area contributed by atoms with Crippen molar-refractivity contribution in [1.29, 1.82) is 0 Å². The topological polar surface area (TPSA) is 90.6 Å². The predicted molar refractivity (Wildman–Crippen MR) is 135 cm³/mol. The van der Waals surface area contributed by atoms with Crippen LogP contribution < -0.4 is 15.4 Å². The molecule has 3 heterocycles. The summed E-state index contributed by atoms with van der Waals surface area (Å²) in [5.41, 5.74) is 7.74. The van der Waals surface area contributed by atoms with Crippen molar-refractivity contribution in [3.8, 4) is 5.75 Å². The first-order valence-corrected chi connectivity index (χ1v) is 11.1. The maximum Gasteiger partial charge on any atom is 0.224 e. The Labute approximate surface area is 192 Å². The molecule has 0 aliphatic rings. The van der Waals surface area contributed by atoms with E-state index in [9.17, 15) is 0 Å². The number of hydrogen-bond donors (Lipinski definition) is 4. The van der Waals surface area contributed by atoms with E-state index in [4.69, 9.17) is 4.74 Å². The standard InChI is InChI=1S/C26H28N6O/c1-15-11-18-13-19(5-7-23(18)28-15)31-25-12-16(2)29-26(32-25)27-10-9-21-17(3)30-24-8-6-20(33-4)14-22(21)24/h5-8,11-14,28,30H,9-10H2,1-4H3,(H2,27,29,31,32). The van der Waals surface area contributed by atoms with Crippen LogP contribution in [0.3, 0.4) is 0 Å². The molecule has 0 unspecified atom stereocenters. The Balaban J connectivity index is 1.30. The third-order valence-corrected chi connectivity index (χ3v) is 5.87. The van der Waals surface area contributed by atoms with E-state index in [2.05, 4.69) is 80.8 Å². The molecule has 4 N–H and O–H groups in total. The lowest BCUT2D eigenvalue weighted by Crippen LogP contribution is -2.10. The predicted octanol–water partition coefficient (Wildman–Crippen LogP) is 5.77. The number of aryl methyl sites for hydroxylation is 3. The molecule has 5 rings (SSSR count). The van der Waals surface area contributed by atoms with Gasteiger partial charge in [0.05, 0.1) is 7.11 Å². The second-order valence-corrected chi connectivity index (χ2v) is 8.41. The number of methoxy groups -OCH3 is 1. The molecule has 0 aliphatic carbocycles. The summed E-state index contributed by atoms with van der Waals surface area (Å²) in [5.74, 6) is 2.25. The second kappa shape index (κ2) is 8.50. The molecule has 0 saturated carbocycles. The molecule has 168 valence electrons. The molecule has 7 heteroatoms. The van der Waals surface area contributed by atoms with Crippen molar-refractivity contribution in [1.82, 2.24) is 19.9 Å². The zero-order valence-electron chi connectivity index (χ0n) is 19.3. The molecule has 0 spiro atoms. The third-order valence-electron chi connectivity index (χ3n) is 5.87. The van der Waals surface area contributed by atoms with Crippen LogP contribution in [0.25, 0.3) is 21.8 Å². The quantitative estimate of drug-likeness (QED) is 0.258. The van der Waals surface area contributed by atoms with Crippen LogP contribution in [-0.4, -0.2) is 33.6 Å². The second-order valence-electron chi connectivity index (χ2n) is 8.41. The van der Waals surface area contributed by atoms with Crippen molar-refractivity contribution in [3.05, 3.63) is 71.2 Å². The molecule has 0 saturated heterocycles. The molecule has 2 aromatic carbocycles. The first-order valence-electron chi connectivity index (χ1n) is 11.1. The molecule has 0 bridgehead atoms. The summed E-state index contributed by atoms with van der Waals surface area (Å²) >= 11 is 0. The first kappa shape index (κ1) is 20.9. The van der Waals surface area contributed by atoms with E-state index in [1.165, 1.54) is 22.0 Å². The number of nitrogens with zero attached hydrogens (tertiary/aromatic N) is 2. The minimum Gasteiger partial charge on any atom is -0.497 e. The first-order chi connectivity index (χ1) is 16.0. The summed E-state index contributed by atoms with van der Waals surface area (Å²) in [7, 11) is 1.69. The fourth-order valence-electron chi connectivity index (χ4n) is 4.32. The highest BCUT2D eigenvalue weighted by atomic mass is 16.5.